The van der Waals surface area contributed by atoms with E-state index in [-0.39, 0.29) is 11.9 Å². The summed E-state index contributed by atoms with van der Waals surface area (Å²) in [7, 11) is 0. The van der Waals surface area contributed by atoms with Gasteiger partial charge < -0.3 is 9.32 Å². The van der Waals surface area contributed by atoms with Crippen LogP contribution in [0.25, 0.3) is 10.9 Å². The van der Waals surface area contributed by atoms with Gasteiger partial charge in [-0.3, -0.25) is 4.79 Å². The molecule has 1 aliphatic rings. The van der Waals surface area contributed by atoms with Crippen LogP contribution in [-0.4, -0.2) is 27.3 Å². The van der Waals surface area contributed by atoms with E-state index in [1.807, 2.05) is 59.5 Å². The van der Waals surface area contributed by atoms with Crippen molar-refractivity contribution in [3.8, 4) is 0 Å². The molecule has 0 N–H and O–H groups in total. The minimum Gasteiger partial charge on any atom is -0.443 e. The highest BCUT2D eigenvalue weighted by Gasteiger charge is 2.34. The van der Waals surface area contributed by atoms with Gasteiger partial charge in [0.2, 0.25) is 5.89 Å². The number of halogens is 1. The summed E-state index contributed by atoms with van der Waals surface area (Å²) >= 11 is 6.26. The average molecular weight is 418 g/mol. The Labute approximate surface area is 179 Å². The zero-order valence-corrected chi connectivity index (χ0v) is 17.0. The minimum absolute atomic E-state index is 0.0888. The van der Waals surface area contributed by atoms with Crippen molar-refractivity contribution < 1.29 is 9.21 Å². The minimum atomic E-state index is -0.175. The van der Waals surface area contributed by atoms with Gasteiger partial charge in [-0.05, 0) is 36.6 Å². The molecule has 0 spiro atoms. The summed E-state index contributed by atoms with van der Waals surface area (Å²) in [4.78, 5) is 24.1. The second kappa shape index (κ2) is 7.92. The van der Waals surface area contributed by atoms with Crippen molar-refractivity contribution in [1.82, 2.24) is 14.9 Å². The normalized spacial score (nSPS) is 16.3. The van der Waals surface area contributed by atoms with Gasteiger partial charge in [-0.15, -0.1) is 0 Å². The van der Waals surface area contributed by atoms with Crippen molar-refractivity contribution in [2.45, 2.75) is 25.3 Å². The van der Waals surface area contributed by atoms with Gasteiger partial charge in [0.25, 0.3) is 5.91 Å². The van der Waals surface area contributed by atoms with E-state index in [0.29, 0.717) is 29.6 Å². The van der Waals surface area contributed by atoms with Crippen molar-refractivity contribution >= 4 is 28.4 Å². The summed E-state index contributed by atoms with van der Waals surface area (Å²) in [5.41, 5.74) is 2.25. The van der Waals surface area contributed by atoms with Crippen molar-refractivity contribution in [1.29, 1.82) is 0 Å². The summed E-state index contributed by atoms with van der Waals surface area (Å²) in [6, 6.07) is 19.0. The standard InChI is InChI=1S/C24H20ClN3O2/c25-19-8-3-1-7-17(19)14-18-15-26-23(30-18)22-10-5-13-28(22)24(29)21-12-11-16-6-2-4-9-20(16)27-21/h1-4,6-9,11-12,15,22H,5,10,13-14H2. The smallest absolute Gasteiger partial charge is 0.273 e. The number of hydrogen-bond donors (Lipinski definition) is 0. The quantitative estimate of drug-likeness (QED) is 0.443. The third-order valence-corrected chi connectivity index (χ3v) is 5.88. The average Bonchev–Trinajstić information content (AvgIpc) is 3.44. The van der Waals surface area contributed by atoms with Crippen LogP contribution in [0.1, 0.15) is 46.6 Å². The van der Waals surface area contributed by atoms with Crippen LogP contribution >= 0.6 is 11.6 Å². The molecule has 1 amide bonds. The summed E-state index contributed by atoms with van der Waals surface area (Å²) in [5.74, 6) is 1.22. The summed E-state index contributed by atoms with van der Waals surface area (Å²) in [5, 5.41) is 1.72. The zero-order valence-electron chi connectivity index (χ0n) is 16.3. The molecule has 1 atom stereocenters. The molecule has 0 aliphatic carbocycles. The van der Waals surface area contributed by atoms with Crippen molar-refractivity contribution in [2.24, 2.45) is 0 Å². The molecule has 3 heterocycles. The first-order valence-electron chi connectivity index (χ1n) is 10.0. The predicted octanol–water partition coefficient (Wildman–Crippen LogP) is 5.44. The lowest BCUT2D eigenvalue weighted by atomic mass is 10.1. The number of nitrogens with zero attached hydrogens (tertiary/aromatic N) is 3. The largest absolute Gasteiger partial charge is 0.443 e. The Morgan fingerprint density at radius 1 is 1.10 bits per heavy atom. The number of likely N-dealkylation sites (tertiary alicyclic amines) is 1. The summed E-state index contributed by atoms with van der Waals surface area (Å²) < 4.78 is 6.03. The van der Waals surface area contributed by atoms with Crippen LogP contribution in [-0.2, 0) is 6.42 Å². The molecule has 0 saturated carbocycles. The van der Waals surface area contributed by atoms with Gasteiger partial charge in [0, 0.05) is 23.4 Å². The van der Waals surface area contributed by atoms with Crippen LogP contribution in [0.15, 0.2) is 71.3 Å². The Morgan fingerprint density at radius 3 is 2.83 bits per heavy atom. The SMILES string of the molecule is O=C(c1ccc2ccccc2n1)N1CCCC1c1ncc(Cc2ccccc2Cl)o1. The van der Waals surface area contributed by atoms with Crippen LogP contribution in [0.3, 0.4) is 0 Å². The van der Waals surface area contributed by atoms with Gasteiger partial charge in [0.05, 0.1) is 11.7 Å². The number of pyridine rings is 1. The maximum absolute atomic E-state index is 13.2. The first-order valence-corrected chi connectivity index (χ1v) is 10.4. The molecule has 1 fully saturated rings. The van der Waals surface area contributed by atoms with Gasteiger partial charge >= 0.3 is 0 Å². The van der Waals surface area contributed by atoms with E-state index in [9.17, 15) is 4.79 Å². The molecule has 1 unspecified atom stereocenters. The molecular formula is C24H20ClN3O2. The number of para-hydroxylation sites is 1. The van der Waals surface area contributed by atoms with E-state index < -0.39 is 0 Å². The van der Waals surface area contributed by atoms with E-state index in [1.54, 1.807) is 12.3 Å². The van der Waals surface area contributed by atoms with Crippen molar-refractivity contribution in [2.75, 3.05) is 6.54 Å². The number of carbonyl (C=O) groups is 1. The molecular weight excluding hydrogens is 398 g/mol. The van der Waals surface area contributed by atoms with Crippen LogP contribution < -0.4 is 0 Å². The lowest BCUT2D eigenvalue weighted by Gasteiger charge is -2.22. The lowest BCUT2D eigenvalue weighted by molar-refractivity contribution is 0.0709. The molecule has 6 heteroatoms. The third-order valence-electron chi connectivity index (χ3n) is 5.51. The highest BCUT2D eigenvalue weighted by Crippen LogP contribution is 2.33. The van der Waals surface area contributed by atoms with Crippen molar-refractivity contribution in [3.63, 3.8) is 0 Å². The number of hydrogen-bond acceptors (Lipinski definition) is 4. The number of carbonyl (C=O) groups excluding carboxylic acids is 1. The van der Waals surface area contributed by atoms with Crippen LogP contribution in [0.4, 0.5) is 0 Å². The van der Waals surface area contributed by atoms with E-state index in [4.69, 9.17) is 16.0 Å². The van der Waals surface area contributed by atoms with Gasteiger partial charge in [-0.1, -0.05) is 54.1 Å². The number of benzene rings is 2. The van der Waals surface area contributed by atoms with E-state index in [0.717, 1.165) is 35.1 Å². The third kappa shape index (κ3) is 3.57. The predicted molar refractivity (Wildman–Crippen MR) is 116 cm³/mol. The Kier molecular flexibility index (Phi) is 4.97. The number of oxazole rings is 1. The molecule has 2 aromatic heterocycles. The Hall–Kier alpha value is -3.18. The van der Waals surface area contributed by atoms with Gasteiger partial charge in [-0.25, -0.2) is 9.97 Å². The molecule has 5 nitrogen and oxygen atoms in total. The van der Waals surface area contributed by atoms with E-state index in [1.165, 1.54) is 0 Å². The first kappa shape index (κ1) is 18.8. The van der Waals surface area contributed by atoms with Crippen LogP contribution in [0.5, 0.6) is 0 Å². The van der Waals surface area contributed by atoms with Crippen molar-refractivity contribution in [3.05, 3.63) is 94.8 Å². The second-order valence-electron chi connectivity index (χ2n) is 7.48. The lowest BCUT2D eigenvalue weighted by Crippen LogP contribution is -2.31. The van der Waals surface area contributed by atoms with Crippen LogP contribution in [0.2, 0.25) is 5.02 Å². The summed E-state index contributed by atoms with van der Waals surface area (Å²) in [6.45, 7) is 0.667. The fourth-order valence-electron chi connectivity index (χ4n) is 3.99. The second-order valence-corrected chi connectivity index (χ2v) is 7.89. The van der Waals surface area contributed by atoms with Gasteiger partial charge in [0.15, 0.2) is 0 Å². The maximum atomic E-state index is 13.2. The maximum Gasteiger partial charge on any atom is 0.273 e. The molecule has 4 aromatic rings. The fraction of sp³-hybridized carbons (Fsp3) is 0.208. The molecule has 2 aromatic carbocycles. The van der Waals surface area contributed by atoms with E-state index in [2.05, 4.69) is 9.97 Å². The van der Waals surface area contributed by atoms with Gasteiger partial charge in [-0.2, -0.15) is 0 Å². The van der Waals surface area contributed by atoms with Crippen LogP contribution in [0, 0.1) is 0 Å². The first-order chi connectivity index (χ1) is 14.7. The molecule has 30 heavy (non-hydrogen) atoms. The molecule has 1 aliphatic heterocycles. The number of amides is 1. The molecule has 0 bridgehead atoms. The Morgan fingerprint density at radius 2 is 1.93 bits per heavy atom. The molecule has 5 rings (SSSR count). The number of aromatic nitrogens is 2. The number of rotatable bonds is 4. The van der Waals surface area contributed by atoms with Gasteiger partial charge in [0.1, 0.15) is 17.5 Å². The fourth-order valence-corrected chi connectivity index (χ4v) is 4.19. The molecule has 150 valence electrons. The zero-order chi connectivity index (χ0) is 20.5. The Bertz CT molecular complexity index is 1220. The molecule has 0 radical (unpaired) electrons. The topological polar surface area (TPSA) is 59.2 Å². The highest BCUT2D eigenvalue weighted by atomic mass is 35.5. The highest BCUT2D eigenvalue weighted by molar-refractivity contribution is 6.31. The summed E-state index contributed by atoms with van der Waals surface area (Å²) in [6.07, 6.45) is 4.03. The van der Waals surface area contributed by atoms with E-state index >= 15 is 0 Å². The molecule has 1 saturated heterocycles. The Balaban J connectivity index is 1.37. The monoisotopic (exact) mass is 417 g/mol. The number of fused-ring (bicyclic) bond motifs is 1.